The zero-order chi connectivity index (χ0) is 17.9. The zero-order valence-corrected chi connectivity index (χ0v) is 14.8. The Hall–Kier alpha value is -1.65. The summed E-state index contributed by atoms with van der Waals surface area (Å²) in [5.41, 5.74) is 0. The highest BCUT2D eigenvalue weighted by Gasteiger charge is 1.99. The minimum absolute atomic E-state index is 0.221. The smallest absolute Gasteiger partial charge is 0.303 e. The van der Waals surface area contributed by atoms with Crippen LogP contribution in [0.1, 0.15) is 64.7 Å². The maximum absolute atomic E-state index is 10.3. The molecule has 0 unspecified atom stereocenters. The Kier molecular flexibility index (Phi) is 16.5. The van der Waals surface area contributed by atoms with Gasteiger partial charge >= 0.3 is 5.97 Å². The van der Waals surface area contributed by atoms with Crippen molar-refractivity contribution in [3.8, 4) is 0 Å². The lowest BCUT2D eigenvalue weighted by Crippen LogP contribution is -2.04. The SMILES string of the molecule is CCCCC/C=C/C[C@@H](/C=C/C=C/C/C=C/CCCC(=O)O)OO. The van der Waals surface area contributed by atoms with E-state index in [1.165, 1.54) is 19.3 Å². The van der Waals surface area contributed by atoms with Crippen molar-refractivity contribution in [2.45, 2.75) is 70.8 Å². The molecule has 0 saturated heterocycles. The molecular weight excluding hydrogens is 304 g/mol. The van der Waals surface area contributed by atoms with Crippen molar-refractivity contribution in [3.63, 3.8) is 0 Å². The Morgan fingerprint density at radius 1 is 1.00 bits per heavy atom. The van der Waals surface area contributed by atoms with Gasteiger partial charge in [-0.3, -0.25) is 10.1 Å². The highest BCUT2D eigenvalue weighted by molar-refractivity contribution is 5.66. The molecule has 0 amide bonds. The molecule has 2 N–H and O–H groups in total. The van der Waals surface area contributed by atoms with Crippen LogP contribution < -0.4 is 0 Å². The summed E-state index contributed by atoms with van der Waals surface area (Å²) < 4.78 is 0. The average molecular weight is 336 g/mol. The second kappa shape index (κ2) is 17.7. The van der Waals surface area contributed by atoms with Crippen molar-refractivity contribution in [3.05, 3.63) is 48.6 Å². The molecule has 0 fully saturated rings. The number of carboxylic acid groups (broad SMARTS) is 1. The quantitative estimate of drug-likeness (QED) is 0.133. The lowest BCUT2D eigenvalue weighted by Gasteiger charge is -2.04. The van der Waals surface area contributed by atoms with E-state index in [4.69, 9.17) is 10.4 Å². The molecule has 4 nitrogen and oxygen atoms in total. The standard InChI is InChI=1S/C20H32O4/c1-2-3-4-5-10-13-16-19(24-23)17-14-11-8-6-7-9-12-15-18-20(21)22/h7-11,13-14,17,19,23H,2-6,12,15-16,18H2,1H3,(H,21,22)/b9-7+,11-8+,13-10+,17-14+/t19-/m0/s1. The minimum Gasteiger partial charge on any atom is -0.481 e. The number of carbonyl (C=O) groups is 1. The largest absolute Gasteiger partial charge is 0.481 e. The lowest BCUT2D eigenvalue weighted by atomic mass is 10.1. The average Bonchev–Trinajstić information content (AvgIpc) is 2.57. The predicted octanol–water partition coefficient (Wildman–Crippen LogP) is 5.68. The van der Waals surface area contributed by atoms with Crippen LogP contribution in [0.5, 0.6) is 0 Å². The van der Waals surface area contributed by atoms with Crippen LogP contribution in [0.15, 0.2) is 48.6 Å². The van der Waals surface area contributed by atoms with Gasteiger partial charge < -0.3 is 5.11 Å². The summed E-state index contributed by atoms with van der Waals surface area (Å²) in [4.78, 5) is 14.8. The summed E-state index contributed by atoms with van der Waals surface area (Å²) in [6, 6.07) is 0. The van der Waals surface area contributed by atoms with Crippen LogP contribution >= 0.6 is 0 Å². The Morgan fingerprint density at radius 3 is 2.46 bits per heavy atom. The topological polar surface area (TPSA) is 66.8 Å². The molecule has 0 spiro atoms. The van der Waals surface area contributed by atoms with Gasteiger partial charge in [0.05, 0.1) is 0 Å². The first-order chi connectivity index (χ1) is 11.7. The van der Waals surface area contributed by atoms with E-state index in [1.54, 1.807) is 0 Å². The number of hydrogen-bond acceptors (Lipinski definition) is 3. The van der Waals surface area contributed by atoms with E-state index >= 15 is 0 Å². The van der Waals surface area contributed by atoms with Crippen LogP contribution in [-0.2, 0) is 9.68 Å². The van der Waals surface area contributed by atoms with Crippen LogP contribution in [0, 0.1) is 0 Å². The Morgan fingerprint density at radius 2 is 1.75 bits per heavy atom. The summed E-state index contributed by atoms with van der Waals surface area (Å²) in [7, 11) is 0. The molecule has 0 aromatic carbocycles. The fraction of sp³-hybridized carbons (Fsp3) is 0.550. The van der Waals surface area contributed by atoms with E-state index in [0.29, 0.717) is 12.8 Å². The van der Waals surface area contributed by atoms with Gasteiger partial charge in [0.15, 0.2) is 0 Å². The van der Waals surface area contributed by atoms with Crippen molar-refractivity contribution < 1.29 is 20.0 Å². The molecule has 0 aromatic heterocycles. The van der Waals surface area contributed by atoms with E-state index in [2.05, 4.69) is 17.9 Å². The third-order valence-electron chi connectivity index (χ3n) is 3.42. The first kappa shape index (κ1) is 22.4. The summed E-state index contributed by atoms with van der Waals surface area (Å²) in [6.45, 7) is 2.19. The van der Waals surface area contributed by atoms with Crippen LogP contribution in [0.25, 0.3) is 0 Å². The van der Waals surface area contributed by atoms with Crippen molar-refractivity contribution >= 4 is 5.97 Å². The summed E-state index contributed by atoms with van der Waals surface area (Å²) >= 11 is 0. The van der Waals surface area contributed by atoms with E-state index in [-0.39, 0.29) is 12.5 Å². The van der Waals surface area contributed by atoms with Gasteiger partial charge in [0.1, 0.15) is 6.10 Å². The molecule has 0 bridgehead atoms. The van der Waals surface area contributed by atoms with Crippen LogP contribution in [0.3, 0.4) is 0 Å². The van der Waals surface area contributed by atoms with Gasteiger partial charge in [0, 0.05) is 6.42 Å². The fourth-order valence-electron chi connectivity index (χ4n) is 2.03. The van der Waals surface area contributed by atoms with Gasteiger partial charge in [-0.25, -0.2) is 4.89 Å². The van der Waals surface area contributed by atoms with Crippen molar-refractivity contribution in [1.82, 2.24) is 0 Å². The van der Waals surface area contributed by atoms with E-state index in [1.807, 2.05) is 42.5 Å². The normalized spacial score (nSPS) is 13.8. The van der Waals surface area contributed by atoms with Crippen LogP contribution in [0.4, 0.5) is 0 Å². The third-order valence-corrected chi connectivity index (χ3v) is 3.42. The molecule has 4 heteroatoms. The van der Waals surface area contributed by atoms with Gasteiger partial charge in [0.25, 0.3) is 0 Å². The highest BCUT2D eigenvalue weighted by Crippen LogP contribution is 2.04. The van der Waals surface area contributed by atoms with Gasteiger partial charge in [-0.1, -0.05) is 68.4 Å². The number of hydrogen-bond donors (Lipinski definition) is 2. The molecule has 0 heterocycles. The molecule has 0 rings (SSSR count). The summed E-state index contributed by atoms with van der Waals surface area (Å²) in [5, 5.41) is 17.4. The van der Waals surface area contributed by atoms with Gasteiger partial charge in [-0.15, -0.1) is 0 Å². The van der Waals surface area contributed by atoms with Crippen molar-refractivity contribution in [2.24, 2.45) is 0 Å². The molecule has 0 aliphatic heterocycles. The molecule has 136 valence electrons. The predicted molar refractivity (Wildman–Crippen MR) is 98.9 cm³/mol. The molecule has 24 heavy (non-hydrogen) atoms. The lowest BCUT2D eigenvalue weighted by molar-refractivity contribution is -0.264. The maximum Gasteiger partial charge on any atom is 0.303 e. The van der Waals surface area contributed by atoms with Crippen LogP contribution in [-0.4, -0.2) is 22.4 Å². The number of aliphatic carboxylic acids is 1. The summed E-state index contributed by atoms with van der Waals surface area (Å²) in [6.07, 6.45) is 23.4. The molecular formula is C20H32O4. The minimum atomic E-state index is -0.745. The number of carboxylic acids is 1. The van der Waals surface area contributed by atoms with Crippen molar-refractivity contribution in [2.75, 3.05) is 0 Å². The number of rotatable bonds is 15. The van der Waals surface area contributed by atoms with E-state index in [0.717, 1.165) is 19.3 Å². The highest BCUT2D eigenvalue weighted by atomic mass is 17.1. The van der Waals surface area contributed by atoms with Crippen LogP contribution in [0.2, 0.25) is 0 Å². The van der Waals surface area contributed by atoms with E-state index < -0.39 is 5.97 Å². The van der Waals surface area contributed by atoms with Gasteiger partial charge in [0.2, 0.25) is 0 Å². The van der Waals surface area contributed by atoms with Gasteiger partial charge in [-0.2, -0.15) is 0 Å². The first-order valence-electron chi connectivity index (χ1n) is 8.86. The number of unbranched alkanes of at least 4 members (excludes halogenated alkanes) is 4. The molecule has 0 aromatic rings. The summed E-state index contributed by atoms with van der Waals surface area (Å²) in [5.74, 6) is -0.745. The molecule has 0 radical (unpaired) electrons. The molecule has 0 saturated carbocycles. The van der Waals surface area contributed by atoms with E-state index in [9.17, 15) is 4.79 Å². The van der Waals surface area contributed by atoms with Gasteiger partial charge in [-0.05, 0) is 38.5 Å². The van der Waals surface area contributed by atoms with Crippen molar-refractivity contribution in [1.29, 1.82) is 0 Å². The Labute approximate surface area is 146 Å². The molecule has 1 atom stereocenters. The molecule has 0 aliphatic rings. The Balaban J connectivity index is 3.79. The Bertz CT molecular complexity index is 408. The third kappa shape index (κ3) is 16.7. The maximum atomic E-state index is 10.3. The number of allylic oxidation sites excluding steroid dienone is 6. The second-order valence-electron chi connectivity index (χ2n) is 5.65. The fourth-order valence-corrected chi connectivity index (χ4v) is 2.03. The monoisotopic (exact) mass is 336 g/mol. The second-order valence-corrected chi connectivity index (χ2v) is 5.65. The molecule has 0 aliphatic carbocycles. The first-order valence-corrected chi connectivity index (χ1v) is 8.86. The zero-order valence-electron chi connectivity index (χ0n) is 14.8.